The van der Waals surface area contributed by atoms with Gasteiger partial charge in [-0.1, -0.05) is 11.6 Å². The maximum absolute atomic E-state index is 12.8. The molecule has 2 aromatic heterocycles. The molecule has 0 spiro atoms. The number of aromatic nitrogens is 2. The van der Waals surface area contributed by atoms with Gasteiger partial charge in [0.1, 0.15) is 10.1 Å². The second kappa shape index (κ2) is 8.60. The molecule has 0 unspecified atom stereocenters. The van der Waals surface area contributed by atoms with Crippen LogP contribution in [0, 0.1) is 29.4 Å². The molecule has 0 radical (unpaired) electrons. The molecule has 0 fully saturated rings. The minimum absolute atomic E-state index is 0.0492. The van der Waals surface area contributed by atoms with Crippen molar-refractivity contribution in [2.75, 3.05) is 0 Å². The van der Waals surface area contributed by atoms with Gasteiger partial charge in [-0.3, -0.25) is 25.3 Å². The molecule has 1 amide bonds. The molecule has 35 heavy (non-hydrogen) atoms. The zero-order valence-electron chi connectivity index (χ0n) is 18.4. The Bertz CT molecular complexity index is 1530. The van der Waals surface area contributed by atoms with Crippen LogP contribution in [0.1, 0.15) is 22.5 Å². The van der Waals surface area contributed by atoms with Crippen molar-refractivity contribution in [3.05, 3.63) is 92.0 Å². The number of thioether (sulfide) groups is 1. The van der Waals surface area contributed by atoms with Crippen LogP contribution in [-0.4, -0.2) is 41.4 Å². The molecule has 0 saturated heterocycles. The molecule has 0 saturated carbocycles. The summed E-state index contributed by atoms with van der Waals surface area (Å²) in [4.78, 5) is 31.8. The summed E-state index contributed by atoms with van der Waals surface area (Å²) in [6, 6.07) is 10.0. The lowest BCUT2D eigenvalue weighted by molar-refractivity contribution is -0.384. The third-order valence-electron chi connectivity index (χ3n) is 5.52. The van der Waals surface area contributed by atoms with Gasteiger partial charge in [-0.2, -0.15) is 15.1 Å². The fourth-order valence-electron chi connectivity index (χ4n) is 3.86. The standard InChI is InChI=1S/C23H16ClN7O3S/c1-12-8-15(13(2)29(12)16-5-6-18(24)19(10-16)31(33)34)9-17-20(25)30-23(27-21(17)32)35-22(28-30)14-4-3-7-26-11-14/h3-11,25H,1-2H3. The second-order valence-corrected chi connectivity index (χ2v) is 9.08. The number of nitro groups is 1. The number of hydrogen-bond acceptors (Lipinski definition) is 7. The Balaban J connectivity index is 1.52. The lowest BCUT2D eigenvalue weighted by atomic mass is 10.1. The molecule has 1 aromatic carbocycles. The van der Waals surface area contributed by atoms with Crippen LogP contribution < -0.4 is 0 Å². The zero-order chi connectivity index (χ0) is 24.9. The molecular formula is C23H16ClN7O3S. The van der Waals surface area contributed by atoms with Crippen molar-refractivity contribution in [2.24, 2.45) is 10.1 Å². The number of amidine groups is 2. The van der Waals surface area contributed by atoms with Gasteiger partial charge in [-0.25, -0.2) is 0 Å². The highest BCUT2D eigenvalue weighted by molar-refractivity contribution is 8.27. The van der Waals surface area contributed by atoms with E-state index in [9.17, 15) is 14.9 Å². The Morgan fingerprint density at radius 3 is 2.74 bits per heavy atom. The Morgan fingerprint density at radius 2 is 2.03 bits per heavy atom. The summed E-state index contributed by atoms with van der Waals surface area (Å²) >= 11 is 7.17. The summed E-state index contributed by atoms with van der Waals surface area (Å²) in [5, 5.41) is 26.7. The van der Waals surface area contributed by atoms with E-state index < -0.39 is 10.8 Å². The number of aryl methyl sites for hydroxylation is 1. The predicted octanol–water partition coefficient (Wildman–Crippen LogP) is 4.72. The number of rotatable bonds is 4. The molecule has 4 heterocycles. The number of fused-ring (bicyclic) bond motifs is 1. The van der Waals surface area contributed by atoms with Crippen molar-refractivity contribution in [2.45, 2.75) is 13.8 Å². The Morgan fingerprint density at radius 1 is 1.23 bits per heavy atom. The van der Waals surface area contributed by atoms with Gasteiger partial charge in [0, 0.05) is 35.4 Å². The summed E-state index contributed by atoms with van der Waals surface area (Å²) in [5.41, 5.74) is 3.42. The highest BCUT2D eigenvalue weighted by Crippen LogP contribution is 2.33. The van der Waals surface area contributed by atoms with Gasteiger partial charge in [0.05, 0.1) is 16.2 Å². The number of hydrazone groups is 1. The number of benzene rings is 1. The first-order valence-corrected chi connectivity index (χ1v) is 11.5. The molecule has 12 heteroatoms. The highest BCUT2D eigenvalue weighted by atomic mass is 35.5. The number of nitro benzene ring substituents is 1. The van der Waals surface area contributed by atoms with Crippen LogP contribution in [0.25, 0.3) is 11.8 Å². The quantitative estimate of drug-likeness (QED) is 0.310. The molecule has 0 aliphatic carbocycles. The van der Waals surface area contributed by atoms with Gasteiger partial charge in [0.2, 0.25) is 5.17 Å². The van der Waals surface area contributed by atoms with E-state index in [0.29, 0.717) is 21.5 Å². The van der Waals surface area contributed by atoms with Crippen LogP contribution in [0.15, 0.2) is 64.5 Å². The molecule has 174 valence electrons. The number of amides is 1. The van der Waals surface area contributed by atoms with Gasteiger partial charge in [0.25, 0.3) is 11.6 Å². The van der Waals surface area contributed by atoms with Gasteiger partial charge < -0.3 is 4.57 Å². The monoisotopic (exact) mass is 505 g/mol. The Hall–Kier alpha value is -4.09. The fraction of sp³-hybridized carbons (Fsp3) is 0.0870. The SMILES string of the molecule is Cc1cc(C=C2C(=N)N3N=C(c4cccnc4)SC3=NC2=O)c(C)n1-c1ccc(Cl)c([N+](=O)[O-])c1. The topological polar surface area (TPSA) is 130 Å². The van der Waals surface area contributed by atoms with Crippen LogP contribution >= 0.6 is 23.4 Å². The van der Waals surface area contributed by atoms with Crippen molar-refractivity contribution >= 4 is 57.1 Å². The second-order valence-electron chi connectivity index (χ2n) is 7.72. The van der Waals surface area contributed by atoms with E-state index in [-0.39, 0.29) is 22.1 Å². The van der Waals surface area contributed by atoms with Crippen molar-refractivity contribution in [3.63, 3.8) is 0 Å². The summed E-state index contributed by atoms with van der Waals surface area (Å²) < 4.78 is 1.83. The van der Waals surface area contributed by atoms with Crippen molar-refractivity contribution in [1.29, 1.82) is 5.41 Å². The number of halogens is 1. The van der Waals surface area contributed by atoms with Crippen LogP contribution in [0.2, 0.25) is 5.02 Å². The third kappa shape index (κ3) is 3.94. The van der Waals surface area contributed by atoms with Gasteiger partial charge >= 0.3 is 0 Å². The van der Waals surface area contributed by atoms with Crippen LogP contribution in [-0.2, 0) is 4.79 Å². The number of pyridine rings is 1. The Kier molecular flexibility index (Phi) is 5.58. The first-order chi connectivity index (χ1) is 16.7. The highest BCUT2D eigenvalue weighted by Gasteiger charge is 2.36. The average Bonchev–Trinajstić information content (AvgIpc) is 3.38. The molecular weight excluding hydrogens is 490 g/mol. The maximum Gasteiger partial charge on any atom is 0.289 e. The molecule has 10 nitrogen and oxygen atoms in total. The van der Waals surface area contributed by atoms with E-state index in [0.717, 1.165) is 17.0 Å². The van der Waals surface area contributed by atoms with E-state index in [2.05, 4.69) is 15.1 Å². The smallest absolute Gasteiger partial charge is 0.289 e. The molecule has 0 atom stereocenters. The number of nitrogens with one attached hydrogen (secondary N) is 1. The number of nitrogens with zero attached hydrogens (tertiary/aromatic N) is 6. The van der Waals surface area contributed by atoms with Gasteiger partial charge in [-0.15, -0.1) is 0 Å². The Labute approximate surface area is 208 Å². The third-order valence-corrected chi connectivity index (χ3v) is 6.79. The lowest BCUT2D eigenvalue weighted by Gasteiger charge is -2.20. The minimum Gasteiger partial charge on any atom is -0.318 e. The molecule has 3 aromatic rings. The number of aliphatic imine (C=N–C) groups is 1. The molecule has 2 aliphatic heterocycles. The first-order valence-electron chi connectivity index (χ1n) is 10.3. The number of carbonyl (C=O) groups is 1. The summed E-state index contributed by atoms with van der Waals surface area (Å²) in [5.74, 6) is -0.623. The molecule has 2 aliphatic rings. The van der Waals surface area contributed by atoms with Gasteiger partial charge in [-0.05, 0) is 67.6 Å². The fourth-order valence-corrected chi connectivity index (χ4v) is 4.93. The number of hydrogen-bond donors (Lipinski definition) is 1. The minimum atomic E-state index is -0.539. The largest absolute Gasteiger partial charge is 0.318 e. The van der Waals surface area contributed by atoms with E-state index in [4.69, 9.17) is 17.0 Å². The summed E-state index contributed by atoms with van der Waals surface area (Å²) in [6.45, 7) is 3.68. The first kappa shape index (κ1) is 22.7. The van der Waals surface area contributed by atoms with Crippen LogP contribution in [0.5, 0.6) is 0 Å². The summed E-state index contributed by atoms with van der Waals surface area (Å²) in [7, 11) is 0. The molecule has 0 bridgehead atoms. The van der Waals surface area contributed by atoms with E-state index in [1.165, 1.54) is 28.9 Å². The predicted molar refractivity (Wildman–Crippen MR) is 135 cm³/mol. The van der Waals surface area contributed by atoms with Crippen molar-refractivity contribution in [1.82, 2.24) is 14.6 Å². The normalized spacial score (nSPS) is 16.4. The summed E-state index contributed by atoms with van der Waals surface area (Å²) in [6.07, 6.45) is 4.90. The number of carbonyl (C=O) groups excluding carboxylic acids is 1. The van der Waals surface area contributed by atoms with Crippen LogP contribution in [0.4, 0.5) is 5.69 Å². The van der Waals surface area contributed by atoms with E-state index in [1.54, 1.807) is 30.6 Å². The average molecular weight is 506 g/mol. The van der Waals surface area contributed by atoms with Crippen LogP contribution in [0.3, 0.4) is 0 Å². The van der Waals surface area contributed by atoms with Gasteiger partial charge in [0.15, 0.2) is 5.84 Å². The van der Waals surface area contributed by atoms with Crippen molar-refractivity contribution < 1.29 is 9.72 Å². The van der Waals surface area contributed by atoms with E-state index in [1.807, 2.05) is 30.5 Å². The lowest BCUT2D eigenvalue weighted by Crippen LogP contribution is -2.35. The van der Waals surface area contributed by atoms with Crippen molar-refractivity contribution in [3.8, 4) is 5.69 Å². The molecule has 5 rings (SSSR count). The van der Waals surface area contributed by atoms with E-state index >= 15 is 0 Å². The maximum atomic E-state index is 12.8. The molecule has 1 N–H and O–H groups in total. The zero-order valence-corrected chi connectivity index (χ0v) is 20.0.